The molecule has 0 aromatic heterocycles. The molecule has 2 N–H and O–H groups in total. The van der Waals surface area contributed by atoms with Gasteiger partial charge in [-0.3, -0.25) is 4.31 Å². The van der Waals surface area contributed by atoms with Crippen LogP contribution in [0.1, 0.15) is 68.7 Å². The first-order chi connectivity index (χ1) is 17.7. The second-order valence-corrected chi connectivity index (χ2v) is 11.3. The van der Waals surface area contributed by atoms with Crippen molar-refractivity contribution in [1.29, 1.82) is 0 Å². The number of aromatic hydroxyl groups is 1. The minimum Gasteiger partial charge on any atom is -0.508 e. The van der Waals surface area contributed by atoms with E-state index in [-0.39, 0.29) is 22.9 Å². The summed E-state index contributed by atoms with van der Waals surface area (Å²) in [5.41, 5.74) is 2.85. The first-order valence-electron chi connectivity index (χ1n) is 12.8. The van der Waals surface area contributed by atoms with Crippen LogP contribution in [0.4, 0.5) is 14.5 Å². The minimum absolute atomic E-state index is 0.0107. The number of rotatable bonds is 10. The normalized spacial score (nSPS) is 14.9. The zero-order chi connectivity index (χ0) is 26.7. The molecule has 1 aliphatic rings. The molecule has 0 unspecified atom stereocenters. The lowest BCUT2D eigenvalue weighted by atomic mass is 9.90. The van der Waals surface area contributed by atoms with Crippen LogP contribution in [0.25, 0.3) is 11.1 Å². The summed E-state index contributed by atoms with van der Waals surface area (Å²) >= 11 is 0. The van der Waals surface area contributed by atoms with Gasteiger partial charge in [-0.05, 0) is 97.3 Å². The maximum absolute atomic E-state index is 14.5. The molecule has 5 nitrogen and oxygen atoms in total. The molecule has 0 bridgehead atoms. The van der Waals surface area contributed by atoms with Crippen LogP contribution in [0.15, 0.2) is 53.4 Å². The maximum Gasteiger partial charge on any atom is 0.265 e. The van der Waals surface area contributed by atoms with Gasteiger partial charge in [-0.2, -0.15) is 0 Å². The number of phenolic OH excluding ortho intramolecular Hbond substituents is 1. The Morgan fingerprint density at radius 2 is 1.54 bits per heavy atom. The van der Waals surface area contributed by atoms with Crippen LogP contribution in [0.3, 0.4) is 0 Å². The third kappa shape index (κ3) is 5.22. The van der Waals surface area contributed by atoms with E-state index in [0.29, 0.717) is 47.1 Å². The summed E-state index contributed by atoms with van der Waals surface area (Å²) in [6.07, 6.45) is 4.81. The Morgan fingerprint density at radius 3 is 2.24 bits per heavy atom. The fourth-order valence-electron chi connectivity index (χ4n) is 5.26. The molecule has 1 atom stereocenters. The summed E-state index contributed by atoms with van der Waals surface area (Å²) in [6.45, 7) is 3.66. The van der Waals surface area contributed by atoms with Gasteiger partial charge in [-0.25, -0.2) is 17.2 Å². The molecule has 198 valence electrons. The van der Waals surface area contributed by atoms with Crippen molar-refractivity contribution in [2.24, 2.45) is 0 Å². The number of sulfonamides is 1. The average Bonchev–Trinajstić information content (AvgIpc) is 2.86. The van der Waals surface area contributed by atoms with Gasteiger partial charge in [0.1, 0.15) is 17.4 Å². The molecule has 3 aromatic carbocycles. The highest BCUT2D eigenvalue weighted by molar-refractivity contribution is 7.93. The highest BCUT2D eigenvalue weighted by Crippen LogP contribution is 2.48. The minimum atomic E-state index is -4.26. The zero-order valence-corrected chi connectivity index (χ0v) is 22.0. The van der Waals surface area contributed by atoms with Crippen molar-refractivity contribution in [3.05, 3.63) is 76.9 Å². The van der Waals surface area contributed by atoms with Crippen LogP contribution in [0.2, 0.25) is 0 Å². The third-order valence-corrected chi connectivity index (χ3v) is 9.04. The number of halogens is 2. The third-order valence-electron chi connectivity index (χ3n) is 7.07. The lowest BCUT2D eigenvalue weighted by molar-refractivity contribution is 0.288. The Kier molecular flexibility index (Phi) is 8.19. The Labute approximate surface area is 217 Å². The van der Waals surface area contributed by atoms with Crippen LogP contribution < -0.4 is 4.31 Å². The number of hydrogen-bond donors (Lipinski definition) is 2. The van der Waals surface area contributed by atoms with Gasteiger partial charge < -0.3 is 10.2 Å². The molecule has 0 saturated carbocycles. The van der Waals surface area contributed by atoms with Gasteiger partial charge in [0.15, 0.2) is 0 Å². The van der Waals surface area contributed by atoms with Crippen LogP contribution in [0.5, 0.6) is 5.75 Å². The van der Waals surface area contributed by atoms with Crippen molar-refractivity contribution < 1.29 is 27.4 Å². The molecular weight excluding hydrogens is 496 g/mol. The molecule has 0 aliphatic carbocycles. The number of nitrogens with zero attached hydrogens (tertiary/aromatic N) is 1. The van der Waals surface area contributed by atoms with Crippen LogP contribution in [-0.4, -0.2) is 25.2 Å². The largest absolute Gasteiger partial charge is 0.508 e. The molecule has 0 fully saturated rings. The molecule has 37 heavy (non-hydrogen) atoms. The van der Waals surface area contributed by atoms with Gasteiger partial charge in [-0.15, -0.1) is 0 Å². The summed E-state index contributed by atoms with van der Waals surface area (Å²) < 4.78 is 58.7. The van der Waals surface area contributed by atoms with Crippen molar-refractivity contribution in [3.63, 3.8) is 0 Å². The smallest absolute Gasteiger partial charge is 0.265 e. The summed E-state index contributed by atoms with van der Waals surface area (Å²) in [6, 6.07) is 10.2. The van der Waals surface area contributed by atoms with Gasteiger partial charge in [0.05, 0.1) is 16.6 Å². The highest BCUT2D eigenvalue weighted by atomic mass is 32.2. The lowest BCUT2D eigenvalue weighted by Gasteiger charge is -2.38. The van der Waals surface area contributed by atoms with Crippen molar-refractivity contribution in [1.82, 2.24) is 0 Å². The fourth-order valence-corrected chi connectivity index (χ4v) is 7.18. The molecule has 1 aliphatic heterocycles. The second kappa shape index (κ2) is 11.2. The number of aliphatic hydroxyl groups excluding tert-OH is 1. The molecule has 8 heteroatoms. The lowest BCUT2D eigenvalue weighted by Crippen LogP contribution is -2.37. The van der Waals surface area contributed by atoms with E-state index in [1.807, 2.05) is 0 Å². The van der Waals surface area contributed by atoms with E-state index in [1.165, 1.54) is 46.8 Å². The number of unbranched alkanes of at least 4 members (excludes halogenated alkanes) is 3. The van der Waals surface area contributed by atoms with Gasteiger partial charge in [0.2, 0.25) is 0 Å². The fraction of sp³-hybridized carbons (Fsp3) is 0.379. The number of phenols is 1. The number of fused-ring (bicyclic) bond motifs is 3. The summed E-state index contributed by atoms with van der Waals surface area (Å²) in [5, 5.41) is 20.0. The van der Waals surface area contributed by atoms with Crippen molar-refractivity contribution in [3.8, 4) is 16.9 Å². The maximum atomic E-state index is 14.5. The van der Waals surface area contributed by atoms with Crippen molar-refractivity contribution in [2.45, 2.75) is 69.7 Å². The van der Waals surface area contributed by atoms with Gasteiger partial charge in [0, 0.05) is 12.2 Å². The first-order valence-corrected chi connectivity index (χ1v) is 14.2. The Hall–Kier alpha value is -2.97. The highest BCUT2D eigenvalue weighted by Gasteiger charge is 2.39. The van der Waals surface area contributed by atoms with E-state index >= 15 is 0 Å². The van der Waals surface area contributed by atoms with E-state index in [1.54, 1.807) is 13.0 Å². The van der Waals surface area contributed by atoms with Gasteiger partial charge in [-0.1, -0.05) is 32.3 Å². The van der Waals surface area contributed by atoms with Crippen molar-refractivity contribution in [2.75, 3.05) is 10.9 Å². The quantitative estimate of drug-likeness (QED) is 0.288. The number of benzene rings is 3. The molecule has 0 saturated heterocycles. The van der Waals surface area contributed by atoms with E-state index in [0.717, 1.165) is 25.7 Å². The monoisotopic (exact) mass is 529 g/mol. The molecule has 0 amide bonds. The van der Waals surface area contributed by atoms with Crippen LogP contribution >= 0.6 is 0 Å². The molecular formula is C29H33F2NO4S. The Balaban J connectivity index is 1.90. The summed E-state index contributed by atoms with van der Waals surface area (Å²) in [7, 11) is -4.26. The predicted molar refractivity (Wildman–Crippen MR) is 141 cm³/mol. The van der Waals surface area contributed by atoms with E-state index < -0.39 is 27.7 Å². The topological polar surface area (TPSA) is 77.8 Å². The van der Waals surface area contributed by atoms with Gasteiger partial charge in [0.25, 0.3) is 10.0 Å². The molecule has 3 aromatic rings. The molecule has 0 radical (unpaired) electrons. The number of anilines is 1. The van der Waals surface area contributed by atoms with E-state index in [2.05, 4.69) is 6.92 Å². The summed E-state index contributed by atoms with van der Waals surface area (Å²) in [5.74, 6) is -1.07. The van der Waals surface area contributed by atoms with Crippen LogP contribution in [0, 0.1) is 11.6 Å². The molecule has 0 spiro atoms. The molecule has 4 rings (SSSR count). The average molecular weight is 530 g/mol. The standard InChI is InChI=1S/C29H33F2NO4S/c1-3-4-5-6-8-25-24(9-7-16-33)28(34)14-15-29(25)37(35,36)32-19(2)26-17-20(30)10-12-22(26)23-13-11-21(31)18-27(23)32/h10-15,17-19,33-34H,3-9,16H2,1-2H3/t19-/m1/s1. The van der Waals surface area contributed by atoms with Crippen LogP contribution in [-0.2, 0) is 22.9 Å². The number of hydrogen-bond acceptors (Lipinski definition) is 4. The van der Waals surface area contributed by atoms with E-state index in [9.17, 15) is 27.4 Å². The zero-order valence-electron chi connectivity index (χ0n) is 21.2. The molecule has 1 heterocycles. The SMILES string of the molecule is CCCCCCc1c(S(=O)(=O)N2c3cc(F)ccc3-c3ccc(F)cc3[C@H]2C)ccc(O)c1CCCO. The Bertz CT molecular complexity index is 1390. The van der Waals surface area contributed by atoms with Crippen molar-refractivity contribution >= 4 is 15.7 Å². The predicted octanol–water partition coefficient (Wildman–Crippen LogP) is 6.66. The first kappa shape index (κ1) is 27.1. The Morgan fingerprint density at radius 1 is 0.865 bits per heavy atom. The second-order valence-electron chi connectivity index (χ2n) is 9.55. The van der Waals surface area contributed by atoms with Gasteiger partial charge >= 0.3 is 0 Å². The summed E-state index contributed by atoms with van der Waals surface area (Å²) in [4.78, 5) is 0.0386. The van der Waals surface area contributed by atoms with E-state index in [4.69, 9.17) is 0 Å². The number of aliphatic hydroxyl groups is 1.